The van der Waals surface area contributed by atoms with Gasteiger partial charge in [-0.2, -0.15) is 0 Å². The van der Waals surface area contributed by atoms with Crippen LogP contribution >= 0.6 is 0 Å². The van der Waals surface area contributed by atoms with Gasteiger partial charge >= 0.3 is 0 Å². The highest BCUT2D eigenvalue weighted by Crippen LogP contribution is 2.21. The number of hydrogen-bond donors (Lipinski definition) is 0. The van der Waals surface area contributed by atoms with E-state index < -0.39 is 0 Å². The first-order valence-corrected chi connectivity index (χ1v) is 5.11. The first-order chi connectivity index (χ1) is 6.79. The molecule has 0 spiro atoms. The van der Waals surface area contributed by atoms with Gasteiger partial charge in [-0.1, -0.05) is 43.3 Å². The fourth-order valence-corrected chi connectivity index (χ4v) is 1.59. The van der Waals surface area contributed by atoms with Gasteiger partial charge in [0.25, 0.3) is 0 Å². The van der Waals surface area contributed by atoms with E-state index in [-0.39, 0.29) is 0 Å². The fourth-order valence-electron chi connectivity index (χ4n) is 1.59. The van der Waals surface area contributed by atoms with Crippen molar-refractivity contribution in [3.8, 4) is 0 Å². The number of rotatable bonds is 5. The maximum atomic E-state index is 3.84. The summed E-state index contributed by atoms with van der Waals surface area (Å²) in [6, 6.07) is 8.56. The Morgan fingerprint density at radius 2 is 2.00 bits per heavy atom. The Balaban J connectivity index is 2.90. The van der Waals surface area contributed by atoms with Crippen LogP contribution in [0, 0.1) is 0 Å². The maximum absolute atomic E-state index is 3.84. The Hall–Kier alpha value is -1.30. The van der Waals surface area contributed by atoms with Gasteiger partial charge in [-0.3, -0.25) is 0 Å². The zero-order valence-electron chi connectivity index (χ0n) is 8.87. The van der Waals surface area contributed by atoms with E-state index in [2.05, 4.69) is 44.3 Å². The van der Waals surface area contributed by atoms with E-state index in [1.807, 2.05) is 12.2 Å². The van der Waals surface area contributed by atoms with Gasteiger partial charge in [0.15, 0.2) is 0 Å². The van der Waals surface area contributed by atoms with Crippen LogP contribution < -0.4 is 0 Å². The minimum atomic E-state index is 0.441. The maximum Gasteiger partial charge on any atom is -0.00104 e. The first kappa shape index (κ1) is 10.8. The van der Waals surface area contributed by atoms with Gasteiger partial charge in [0.2, 0.25) is 0 Å². The van der Waals surface area contributed by atoms with Crippen LogP contribution in [-0.2, 0) is 6.42 Å². The Labute approximate surface area is 87.0 Å². The summed E-state index contributed by atoms with van der Waals surface area (Å²) in [5.41, 5.74) is 2.81. The normalized spacial score (nSPS) is 12.1. The molecule has 0 nitrogen and oxygen atoms in total. The van der Waals surface area contributed by atoms with Crippen molar-refractivity contribution in [3.05, 3.63) is 60.7 Å². The van der Waals surface area contributed by atoms with Crippen LogP contribution in [0.2, 0.25) is 0 Å². The second-order valence-corrected chi connectivity index (χ2v) is 3.55. The van der Waals surface area contributed by atoms with Crippen LogP contribution in [0.1, 0.15) is 30.4 Å². The molecule has 1 aromatic rings. The lowest BCUT2D eigenvalue weighted by atomic mass is 9.93. The van der Waals surface area contributed by atoms with E-state index in [0.29, 0.717) is 5.92 Å². The zero-order valence-corrected chi connectivity index (χ0v) is 8.87. The average Bonchev–Trinajstić information content (AvgIpc) is 2.25. The van der Waals surface area contributed by atoms with Crippen molar-refractivity contribution in [2.75, 3.05) is 0 Å². The van der Waals surface area contributed by atoms with Crippen molar-refractivity contribution in [2.24, 2.45) is 0 Å². The molecule has 1 aromatic carbocycles. The molecule has 0 aliphatic heterocycles. The summed E-state index contributed by atoms with van der Waals surface area (Å²) >= 11 is 0. The fraction of sp³-hybridized carbons (Fsp3) is 0.286. The molecule has 0 aliphatic carbocycles. The molecule has 0 N–H and O–H groups in total. The van der Waals surface area contributed by atoms with Gasteiger partial charge < -0.3 is 0 Å². The van der Waals surface area contributed by atoms with Crippen molar-refractivity contribution in [2.45, 2.75) is 25.7 Å². The summed E-state index contributed by atoms with van der Waals surface area (Å²) in [6.07, 6.45) is 6.08. The molecular weight excluding hydrogens is 168 g/mol. The number of hydrogen-bond acceptors (Lipinski definition) is 0. The van der Waals surface area contributed by atoms with Gasteiger partial charge in [0.05, 0.1) is 0 Å². The third-order valence-electron chi connectivity index (χ3n) is 2.52. The number of benzene rings is 1. The molecule has 74 valence electrons. The van der Waals surface area contributed by atoms with Gasteiger partial charge in [-0.15, -0.1) is 13.2 Å². The third-order valence-corrected chi connectivity index (χ3v) is 2.52. The van der Waals surface area contributed by atoms with E-state index in [1.54, 1.807) is 0 Å². The molecule has 0 bridgehead atoms. The summed E-state index contributed by atoms with van der Waals surface area (Å²) in [5.74, 6) is 0.441. The molecule has 0 aliphatic rings. The quantitative estimate of drug-likeness (QED) is 0.607. The van der Waals surface area contributed by atoms with Gasteiger partial charge in [0, 0.05) is 0 Å². The van der Waals surface area contributed by atoms with Crippen LogP contribution in [0.4, 0.5) is 0 Å². The van der Waals surface area contributed by atoms with Crippen molar-refractivity contribution in [3.63, 3.8) is 0 Å². The topological polar surface area (TPSA) is 0 Å². The van der Waals surface area contributed by atoms with E-state index >= 15 is 0 Å². The highest BCUT2D eigenvalue weighted by molar-refractivity contribution is 5.32. The van der Waals surface area contributed by atoms with Crippen molar-refractivity contribution >= 4 is 0 Å². The third kappa shape index (κ3) is 2.59. The first-order valence-electron chi connectivity index (χ1n) is 5.11. The average molecular weight is 186 g/mol. The van der Waals surface area contributed by atoms with Gasteiger partial charge in [-0.05, 0) is 29.9 Å². The lowest BCUT2D eigenvalue weighted by Crippen LogP contribution is -1.96. The van der Waals surface area contributed by atoms with Crippen LogP contribution in [0.3, 0.4) is 0 Å². The molecule has 1 rings (SSSR count). The Morgan fingerprint density at radius 3 is 2.64 bits per heavy atom. The molecule has 0 amide bonds. The minimum Gasteiger partial charge on any atom is -0.103 e. The van der Waals surface area contributed by atoms with E-state index in [4.69, 9.17) is 0 Å². The predicted octanol–water partition coefficient (Wildman–Crippen LogP) is 4.09. The Bertz CT molecular complexity index is 310. The Morgan fingerprint density at radius 1 is 1.29 bits per heavy atom. The summed E-state index contributed by atoms with van der Waals surface area (Å²) < 4.78 is 0. The molecular formula is C14H18. The SMILES string of the molecule is C=CCCc1ccccc1C(C)C=C. The minimum absolute atomic E-state index is 0.441. The second kappa shape index (κ2) is 5.43. The predicted molar refractivity (Wildman–Crippen MR) is 63.6 cm³/mol. The van der Waals surface area contributed by atoms with E-state index in [0.717, 1.165) is 12.8 Å². The molecule has 0 radical (unpaired) electrons. The van der Waals surface area contributed by atoms with Crippen LogP contribution in [0.25, 0.3) is 0 Å². The molecule has 0 saturated carbocycles. The summed E-state index contributed by atoms with van der Waals surface area (Å²) in [5, 5.41) is 0. The lowest BCUT2D eigenvalue weighted by Gasteiger charge is -2.12. The van der Waals surface area contributed by atoms with Crippen LogP contribution in [-0.4, -0.2) is 0 Å². The van der Waals surface area contributed by atoms with Gasteiger partial charge in [0.1, 0.15) is 0 Å². The number of allylic oxidation sites excluding steroid dienone is 2. The Kier molecular flexibility index (Phi) is 4.18. The molecule has 1 unspecified atom stereocenters. The zero-order chi connectivity index (χ0) is 10.4. The standard InChI is InChI=1S/C14H18/c1-4-6-9-13-10-7-8-11-14(13)12(3)5-2/h4-5,7-8,10-12H,1-2,6,9H2,3H3. The smallest absolute Gasteiger partial charge is 0.00104 e. The summed E-state index contributed by atoms with van der Waals surface area (Å²) in [6.45, 7) is 9.77. The highest BCUT2D eigenvalue weighted by atomic mass is 14.1. The molecule has 0 aromatic heterocycles. The molecule has 0 fully saturated rings. The molecule has 0 heterocycles. The molecule has 0 heteroatoms. The largest absolute Gasteiger partial charge is 0.103 e. The van der Waals surface area contributed by atoms with Crippen molar-refractivity contribution < 1.29 is 0 Å². The lowest BCUT2D eigenvalue weighted by molar-refractivity contribution is 0.904. The van der Waals surface area contributed by atoms with Gasteiger partial charge in [-0.25, -0.2) is 0 Å². The summed E-state index contributed by atoms with van der Waals surface area (Å²) in [7, 11) is 0. The van der Waals surface area contributed by atoms with E-state index in [1.165, 1.54) is 11.1 Å². The van der Waals surface area contributed by atoms with Crippen LogP contribution in [0.5, 0.6) is 0 Å². The molecule has 0 saturated heterocycles. The van der Waals surface area contributed by atoms with E-state index in [9.17, 15) is 0 Å². The molecule has 1 atom stereocenters. The monoisotopic (exact) mass is 186 g/mol. The van der Waals surface area contributed by atoms with Crippen molar-refractivity contribution in [1.29, 1.82) is 0 Å². The second-order valence-electron chi connectivity index (χ2n) is 3.55. The highest BCUT2D eigenvalue weighted by Gasteiger charge is 2.05. The summed E-state index contributed by atoms with van der Waals surface area (Å²) in [4.78, 5) is 0. The number of aryl methyl sites for hydroxylation is 1. The van der Waals surface area contributed by atoms with Crippen molar-refractivity contribution in [1.82, 2.24) is 0 Å². The molecule has 14 heavy (non-hydrogen) atoms. The van der Waals surface area contributed by atoms with Crippen LogP contribution in [0.15, 0.2) is 49.6 Å².